The highest BCUT2D eigenvalue weighted by Gasteiger charge is 2.36. The van der Waals surface area contributed by atoms with Crippen LogP contribution in [0.3, 0.4) is 0 Å². The van der Waals surface area contributed by atoms with Gasteiger partial charge in [-0.1, -0.05) is 12.8 Å². The van der Waals surface area contributed by atoms with E-state index < -0.39 is 0 Å². The molecule has 1 aliphatic carbocycles. The minimum absolute atomic E-state index is 0.292. The summed E-state index contributed by atoms with van der Waals surface area (Å²) in [4.78, 5) is 22.7. The standard InChI is InChI=1S/C10H16O4/c1-13-9(11)7-5-3-4-6-8(7)10(12)14-2/h7-8H,3-6H2,1-2H3/t7-,8-/m0/s1. The van der Waals surface area contributed by atoms with Gasteiger partial charge in [-0.15, -0.1) is 0 Å². The maximum Gasteiger partial charge on any atom is 0.309 e. The summed E-state index contributed by atoms with van der Waals surface area (Å²) < 4.78 is 9.34. The Bertz CT molecular complexity index is 200. The molecule has 0 aromatic heterocycles. The smallest absolute Gasteiger partial charge is 0.309 e. The number of carbonyl (C=O) groups is 2. The lowest BCUT2D eigenvalue weighted by atomic mass is 9.79. The Balaban J connectivity index is 2.68. The summed E-state index contributed by atoms with van der Waals surface area (Å²) in [6.45, 7) is 0. The third-order valence-corrected chi connectivity index (χ3v) is 2.77. The van der Waals surface area contributed by atoms with Gasteiger partial charge in [0.15, 0.2) is 0 Å². The molecule has 1 aliphatic rings. The van der Waals surface area contributed by atoms with Crippen LogP contribution in [0.4, 0.5) is 0 Å². The molecular weight excluding hydrogens is 184 g/mol. The van der Waals surface area contributed by atoms with E-state index in [-0.39, 0.29) is 23.8 Å². The van der Waals surface area contributed by atoms with E-state index in [0.717, 1.165) is 25.7 Å². The lowest BCUT2D eigenvalue weighted by Gasteiger charge is -2.27. The van der Waals surface area contributed by atoms with Crippen LogP contribution in [0, 0.1) is 11.8 Å². The Morgan fingerprint density at radius 1 is 0.929 bits per heavy atom. The van der Waals surface area contributed by atoms with Gasteiger partial charge in [0.05, 0.1) is 26.1 Å². The third kappa shape index (κ3) is 2.25. The van der Waals surface area contributed by atoms with E-state index in [1.165, 1.54) is 14.2 Å². The second-order valence-corrected chi connectivity index (χ2v) is 3.54. The normalized spacial score (nSPS) is 26.7. The predicted octanol–water partition coefficient (Wildman–Crippen LogP) is 1.14. The fraction of sp³-hybridized carbons (Fsp3) is 0.800. The molecule has 1 saturated carbocycles. The van der Waals surface area contributed by atoms with Gasteiger partial charge in [-0.25, -0.2) is 0 Å². The fourth-order valence-corrected chi connectivity index (χ4v) is 2.00. The second-order valence-electron chi connectivity index (χ2n) is 3.54. The van der Waals surface area contributed by atoms with Gasteiger partial charge in [0.1, 0.15) is 0 Å². The van der Waals surface area contributed by atoms with Crippen LogP contribution in [0.2, 0.25) is 0 Å². The van der Waals surface area contributed by atoms with Crippen LogP contribution in [0.5, 0.6) is 0 Å². The SMILES string of the molecule is COC(=O)[C@H]1CCCC[C@@H]1C(=O)OC. The van der Waals surface area contributed by atoms with E-state index in [1.807, 2.05) is 0 Å². The first-order valence-corrected chi connectivity index (χ1v) is 4.86. The van der Waals surface area contributed by atoms with Crippen LogP contribution in [-0.2, 0) is 19.1 Å². The molecule has 0 aliphatic heterocycles. The summed E-state index contributed by atoms with van der Waals surface area (Å²) in [7, 11) is 2.70. The van der Waals surface area contributed by atoms with Gasteiger partial charge in [0.25, 0.3) is 0 Å². The monoisotopic (exact) mass is 200 g/mol. The maximum atomic E-state index is 11.4. The average Bonchev–Trinajstić information content (AvgIpc) is 2.27. The largest absolute Gasteiger partial charge is 0.469 e. The van der Waals surface area contributed by atoms with Gasteiger partial charge in [-0.3, -0.25) is 9.59 Å². The Morgan fingerprint density at radius 3 is 1.57 bits per heavy atom. The summed E-state index contributed by atoms with van der Waals surface area (Å²) in [6, 6.07) is 0. The molecule has 4 nitrogen and oxygen atoms in total. The molecule has 0 saturated heterocycles. The number of hydrogen-bond acceptors (Lipinski definition) is 4. The zero-order valence-electron chi connectivity index (χ0n) is 8.62. The molecule has 2 atom stereocenters. The second kappa shape index (κ2) is 4.98. The molecule has 80 valence electrons. The highest BCUT2D eigenvalue weighted by Crippen LogP contribution is 2.31. The topological polar surface area (TPSA) is 52.6 Å². The van der Waals surface area contributed by atoms with Crippen molar-refractivity contribution in [2.24, 2.45) is 11.8 Å². The molecule has 0 amide bonds. The van der Waals surface area contributed by atoms with Crippen LogP contribution < -0.4 is 0 Å². The van der Waals surface area contributed by atoms with Crippen LogP contribution in [-0.4, -0.2) is 26.2 Å². The van der Waals surface area contributed by atoms with Crippen molar-refractivity contribution in [3.63, 3.8) is 0 Å². The summed E-state index contributed by atoms with van der Waals surface area (Å²) >= 11 is 0. The third-order valence-electron chi connectivity index (χ3n) is 2.77. The molecule has 0 spiro atoms. The Labute approximate surface area is 83.6 Å². The molecule has 4 heteroatoms. The van der Waals surface area contributed by atoms with Gasteiger partial charge in [-0.2, -0.15) is 0 Å². The van der Waals surface area contributed by atoms with Gasteiger partial charge in [0.2, 0.25) is 0 Å². The number of methoxy groups -OCH3 is 2. The summed E-state index contributed by atoms with van der Waals surface area (Å²) in [6.07, 6.45) is 3.42. The number of rotatable bonds is 2. The van der Waals surface area contributed by atoms with Crippen molar-refractivity contribution >= 4 is 11.9 Å². The molecule has 0 aromatic carbocycles. The number of ether oxygens (including phenoxy) is 2. The number of carbonyl (C=O) groups excluding carboxylic acids is 2. The zero-order valence-corrected chi connectivity index (χ0v) is 8.62. The first-order chi connectivity index (χ1) is 6.70. The van der Waals surface area contributed by atoms with Crippen LogP contribution in [0.1, 0.15) is 25.7 Å². The van der Waals surface area contributed by atoms with Gasteiger partial charge in [-0.05, 0) is 12.8 Å². The zero-order chi connectivity index (χ0) is 10.6. The number of esters is 2. The van der Waals surface area contributed by atoms with Crippen molar-refractivity contribution in [1.29, 1.82) is 0 Å². The molecule has 14 heavy (non-hydrogen) atoms. The summed E-state index contributed by atoms with van der Waals surface area (Å²) in [5.41, 5.74) is 0. The van der Waals surface area contributed by atoms with Crippen molar-refractivity contribution in [3.05, 3.63) is 0 Å². The predicted molar refractivity (Wildman–Crippen MR) is 49.5 cm³/mol. The molecule has 0 N–H and O–H groups in total. The van der Waals surface area contributed by atoms with Crippen LogP contribution in [0.25, 0.3) is 0 Å². The van der Waals surface area contributed by atoms with Crippen molar-refractivity contribution in [2.75, 3.05) is 14.2 Å². The highest BCUT2D eigenvalue weighted by atomic mass is 16.5. The van der Waals surface area contributed by atoms with Gasteiger partial charge in [0, 0.05) is 0 Å². The van der Waals surface area contributed by atoms with E-state index in [4.69, 9.17) is 0 Å². The number of hydrogen-bond donors (Lipinski definition) is 0. The molecule has 0 radical (unpaired) electrons. The Kier molecular flexibility index (Phi) is 3.92. The molecule has 0 unspecified atom stereocenters. The molecule has 0 heterocycles. The van der Waals surface area contributed by atoms with E-state index in [0.29, 0.717) is 0 Å². The van der Waals surface area contributed by atoms with Crippen molar-refractivity contribution in [3.8, 4) is 0 Å². The van der Waals surface area contributed by atoms with Gasteiger partial charge < -0.3 is 9.47 Å². The Morgan fingerprint density at radius 2 is 1.29 bits per heavy atom. The molecule has 0 aromatic rings. The van der Waals surface area contributed by atoms with Crippen molar-refractivity contribution in [2.45, 2.75) is 25.7 Å². The molecule has 1 fully saturated rings. The lowest BCUT2D eigenvalue weighted by Crippen LogP contribution is -2.34. The van der Waals surface area contributed by atoms with E-state index in [9.17, 15) is 9.59 Å². The van der Waals surface area contributed by atoms with E-state index in [1.54, 1.807) is 0 Å². The highest BCUT2D eigenvalue weighted by molar-refractivity contribution is 5.82. The van der Waals surface area contributed by atoms with E-state index >= 15 is 0 Å². The molecular formula is C10H16O4. The van der Waals surface area contributed by atoms with Crippen molar-refractivity contribution < 1.29 is 19.1 Å². The summed E-state index contributed by atoms with van der Waals surface area (Å²) in [5, 5.41) is 0. The maximum absolute atomic E-state index is 11.4. The first-order valence-electron chi connectivity index (χ1n) is 4.86. The summed E-state index contributed by atoms with van der Waals surface area (Å²) in [5.74, 6) is -1.19. The molecule has 1 rings (SSSR count). The van der Waals surface area contributed by atoms with Crippen molar-refractivity contribution in [1.82, 2.24) is 0 Å². The minimum Gasteiger partial charge on any atom is -0.469 e. The van der Waals surface area contributed by atoms with Gasteiger partial charge >= 0.3 is 11.9 Å². The van der Waals surface area contributed by atoms with Crippen LogP contribution in [0.15, 0.2) is 0 Å². The minimum atomic E-state index is -0.304. The van der Waals surface area contributed by atoms with E-state index in [2.05, 4.69) is 9.47 Å². The lowest BCUT2D eigenvalue weighted by molar-refractivity contribution is -0.159. The first kappa shape index (κ1) is 11.0. The quantitative estimate of drug-likeness (QED) is 0.627. The van der Waals surface area contributed by atoms with Crippen LogP contribution >= 0.6 is 0 Å². The fourth-order valence-electron chi connectivity index (χ4n) is 2.00. The Hall–Kier alpha value is -1.06. The average molecular weight is 200 g/mol. The molecule has 0 bridgehead atoms.